The van der Waals surface area contributed by atoms with Gasteiger partial charge in [-0.2, -0.15) is 0 Å². The maximum absolute atomic E-state index is 12.9. The smallest absolute Gasteiger partial charge is 0.338 e. The molecule has 2 saturated heterocycles. The van der Waals surface area contributed by atoms with Gasteiger partial charge in [-0.25, -0.2) is 4.79 Å². The van der Waals surface area contributed by atoms with E-state index in [2.05, 4.69) is 0 Å². The molecule has 3 aromatic rings. The fraction of sp³-hybridized carbons (Fsp3) is 0.269. The van der Waals surface area contributed by atoms with Crippen molar-refractivity contribution >= 4 is 29.3 Å². The summed E-state index contributed by atoms with van der Waals surface area (Å²) in [6.45, 7) is 0.241. The number of thioether (sulfide) groups is 1. The van der Waals surface area contributed by atoms with Crippen LogP contribution >= 0.6 is 23.4 Å². The number of aliphatic hydroxyl groups is 1. The van der Waals surface area contributed by atoms with Crippen molar-refractivity contribution in [2.75, 3.05) is 6.61 Å². The monoisotopic (exact) mass is 498 g/mol. The van der Waals surface area contributed by atoms with Gasteiger partial charge in [-0.3, -0.25) is 0 Å². The Morgan fingerprint density at radius 3 is 2.32 bits per heavy atom. The Labute approximate surface area is 206 Å². The Balaban J connectivity index is 1.38. The largest absolute Gasteiger partial charge is 0.452 e. The molecule has 0 aromatic heterocycles. The van der Waals surface area contributed by atoms with Crippen molar-refractivity contribution in [1.82, 2.24) is 0 Å². The number of carbonyl (C=O) groups is 1. The minimum absolute atomic E-state index is 0.241. The van der Waals surface area contributed by atoms with Crippen molar-refractivity contribution in [1.29, 1.82) is 0 Å². The van der Waals surface area contributed by atoms with Crippen molar-refractivity contribution in [3.05, 3.63) is 101 Å². The molecule has 0 bridgehead atoms. The highest BCUT2D eigenvalue weighted by atomic mass is 35.5. The van der Waals surface area contributed by atoms with Gasteiger partial charge in [-0.05, 0) is 36.4 Å². The molecule has 5 rings (SSSR count). The topological polar surface area (TPSA) is 74.2 Å². The maximum atomic E-state index is 12.9. The van der Waals surface area contributed by atoms with Gasteiger partial charge in [0.25, 0.3) is 0 Å². The van der Waals surface area contributed by atoms with Crippen LogP contribution in [0.5, 0.6) is 0 Å². The lowest BCUT2D eigenvalue weighted by molar-refractivity contribution is -0.317. The van der Waals surface area contributed by atoms with Gasteiger partial charge >= 0.3 is 5.97 Å². The number of ether oxygens (including phenoxy) is 4. The highest BCUT2D eigenvalue weighted by Gasteiger charge is 2.51. The summed E-state index contributed by atoms with van der Waals surface area (Å²) < 4.78 is 24.1. The Morgan fingerprint density at radius 1 is 0.941 bits per heavy atom. The molecule has 0 unspecified atom stereocenters. The van der Waals surface area contributed by atoms with Crippen molar-refractivity contribution in [2.45, 2.75) is 41.0 Å². The van der Waals surface area contributed by atoms with Crippen LogP contribution in [0.25, 0.3) is 0 Å². The van der Waals surface area contributed by atoms with E-state index in [4.69, 9.17) is 30.5 Å². The van der Waals surface area contributed by atoms with Crippen LogP contribution in [0.4, 0.5) is 0 Å². The lowest BCUT2D eigenvalue weighted by Crippen LogP contribution is -2.61. The summed E-state index contributed by atoms with van der Waals surface area (Å²) in [4.78, 5) is 13.8. The molecule has 0 spiro atoms. The second kappa shape index (κ2) is 10.5. The number of halogens is 1. The number of rotatable bonds is 5. The zero-order valence-electron chi connectivity index (χ0n) is 18.0. The van der Waals surface area contributed by atoms with Crippen LogP contribution in [0.3, 0.4) is 0 Å². The average molecular weight is 499 g/mol. The SMILES string of the molecule is O=C(O[C@@H]1[C@@H](O)[C@H]2O[C@@H](c3ccccc3)OC[C@H]2O[C@H]1Sc1ccccc1)c1ccc(Cl)cc1. The minimum atomic E-state index is -1.12. The van der Waals surface area contributed by atoms with Crippen LogP contribution < -0.4 is 0 Å². The average Bonchev–Trinajstić information content (AvgIpc) is 2.87. The van der Waals surface area contributed by atoms with Gasteiger partial charge in [0.1, 0.15) is 23.7 Å². The van der Waals surface area contributed by atoms with Gasteiger partial charge in [0.15, 0.2) is 12.4 Å². The van der Waals surface area contributed by atoms with Crippen molar-refractivity contribution in [3.8, 4) is 0 Å². The Morgan fingerprint density at radius 2 is 1.62 bits per heavy atom. The van der Waals surface area contributed by atoms with E-state index in [1.165, 1.54) is 11.8 Å². The first-order valence-electron chi connectivity index (χ1n) is 10.9. The van der Waals surface area contributed by atoms with E-state index >= 15 is 0 Å². The maximum Gasteiger partial charge on any atom is 0.338 e. The molecule has 0 amide bonds. The molecule has 176 valence electrons. The lowest BCUT2D eigenvalue weighted by Gasteiger charge is -2.47. The molecule has 2 aliphatic heterocycles. The van der Waals surface area contributed by atoms with Crippen molar-refractivity contribution < 1.29 is 28.8 Å². The zero-order valence-corrected chi connectivity index (χ0v) is 19.6. The molecule has 2 heterocycles. The molecule has 6 atom stereocenters. The highest BCUT2D eigenvalue weighted by molar-refractivity contribution is 7.99. The minimum Gasteiger partial charge on any atom is -0.452 e. The number of hydrogen-bond acceptors (Lipinski definition) is 7. The number of aliphatic hydroxyl groups excluding tert-OH is 1. The summed E-state index contributed by atoms with van der Waals surface area (Å²) in [5.74, 6) is -0.576. The van der Waals surface area contributed by atoms with E-state index < -0.39 is 42.1 Å². The van der Waals surface area contributed by atoms with E-state index in [0.29, 0.717) is 10.6 Å². The summed E-state index contributed by atoms with van der Waals surface area (Å²) in [7, 11) is 0. The second-order valence-electron chi connectivity index (χ2n) is 8.02. The van der Waals surface area contributed by atoms with Crippen LogP contribution in [0, 0.1) is 0 Å². The zero-order chi connectivity index (χ0) is 23.5. The van der Waals surface area contributed by atoms with Crippen molar-refractivity contribution in [3.63, 3.8) is 0 Å². The predicted octanol–water partition coefficient (Wildman–Crippen LogP) is 4.86. The first-order chi connectivity index (χ1) is 16.6. The van der Waals surface area contributed by atoms with Gasteiger partial charge in [-0.1, -0.05) is 71.9 Å². The summed E-state index contributed by atoms with van der Waals surface area (Å²) in [5, 5.41) is 11.9. The molecule has 2 aliphatic rings. The third-order valence-corrected chi connectivity index (χ3v) is 7.11. The molecule has 0 radical (unpaired) electrons. The number of carbonyl (C=O) groups excluding carboxylic acids is 1. The van der Waals surface area contributed by atoms with E-state index in [9.17, 15) is 9.90 Å². The standard InChI is InChI=1S/C26H23ClO6S/c27-18-13-11-16(12-14-18)24(29)32-23-21(28)22-20(31-26(23)34-19-9-5-2-6-10-19)15-30-25(33-22)17-7-3-1-4-8-17/h1-14,20-23,25-26,28H,15H2/t20-,21+,22+,23-,25+,26+/m1/s1. The molecule has 6 nitrogen and oxygen atoms in total. The molecular weight excluding hydrogens is 476 g/mol. The molecule has 0 saturated carbocycles. The molecule has 34 heavy (non-hydrogen) atoms. The first kappa shape index (κ1) is 23.4. The van der Waals surface area contributed by atoms with E-state index in [0.717, 1.165) is 10.5 Å². The Hall–Kier alpha value is -2.39. The highest BCUT2D eigenvalue weighted by Crippen LogP contribution is 2.40. The second-order valence-corrected chi connectivity index (χ2v) is 9.63. The van der Waals surface area contributed by atoms with Crippen LogP contribution in [-0.4, -0.2) is 47.5 Å². The van der Waals surface area contributed by atoms with E-state index in [-0.39, 0.29) is 6.61 Å². The van der Waals surface area contributed by atoms with Gasteiger partial charge < -0.3 is 24.1 Å². The normalized spacial score (nSPS) is 28.6. The van der Waals surface area contributed by atoms with E-state index in [1.54, 1.807) is 24.3 Å². The summed E-state index contributed by atoms with van der Waals surface area (Å²) in [6.07, 6.45) is -3.97. The fourth-order valence-corrected chi connectivity index (χ4v) is 5.23. The third kappa shape index (κ3) is 5.15. The lowest BCUT2D eigenvalue weighted by atomic mass is 9.98. The van der Waals surface area contributed by atoms with Gasteiger partial charge in [-0.15, -0.1) is 0 Å². The Bertz CT molecular complexity index is 1100. The number of benzene rings is 3. The Kier molecular flexibility index (Phi) is 7.20. The number of fused-ring (bicyclic) bond motifs is 1. The molecule has 8 heteroatoms. The molecule has 3 aromatic carbocycles. The molecule has 0 aliphatic carbocycles. The van der Waals surface area contributed by atoms with Gasteiger partial charge in [0.05, 0.1) is 12.2 Å². The van der Waals surface area contributed by atoms with Crippen LogP contribution in [-0.2, 0) is 18.9 Å². The van der Waals surface area contributed by atoms with Crippen LogP contribution in [0.1, 0.15) is 22.2 Å². The van der Waals surface area contributed by atoms with Crippen LogP contribution in [0.2, 0.25) is 5.02 Å². The third-order valence-electron chi connectivity index (χ3n) is 5.70. The molecular formula is C26H23ClO6S. The quantitative estimate of drug-likeness (QED) is 0.503. The molecule has 1 N–H and O–H groups in total. The van der Waals surface area contributed by atoms with E-state index in [1.807, 2.05) is 60.7 Å². The van der Waals surface area contributed by atoms with Gasteiger partial charge in [0.2, 0.25) is 0 Å². The number of esters is 1. The summed E-state index contributed by atoms with van der Waals surface area (Å²) in [6, 6.07) is 25.5. The first-order valence-corrected chi connectivity index (χ1v) is 12.2. The van der Waals surface area contributed by atoms with Crippen LogP contribution in [0.15, 0.2) is 89.8 Å². The van der Waals surface area contributed by atoms with Gasteiger partial charge in [0, 0.05) is 15.5 Å². The predicted molar refractivity (Wildman–Crippen MR) is 128 cm³/mol. The van der Waals surface area contributed by atoms with Crippen molar-refractivity contribution in [2.24, 2.45) is 0 Å². The number of hydrogen-bond donors (Lipinski definition) is 1. The fourth-order valence-electron chi connectivity index (χ4n) is 3.98. The molecule has 2 fully saturated rings. The summed E-state index contributed by atoms with van der Waals surface area (Å²) >= 11 is 7.32. The summed E-state index contributed by atoms with van der Waals surface area (Å²) in [5.41, 5.74) is 0.510.